The molecule has 0 aliphatic carbocycles. The molecule has 126 valence electrons. The summed E-state index contributed by atoms with van der Waals surface area (Å²) in [4.78, 5) is 29.8. The lowest BCUT2D eigenvalue weighted by molar-refractivity contribution is -0.144. The number of likely N-dealkylation sites (tertiary alicyclic amines) is 1. The van der Waals surface area contributed by atoms with Crippen molar-refractivity contribution in [1.29, 1.82) is 0 Å². The van der Waals surface area contributed by atoms with Gasteiger partial charge in [0.1, 0.15) is 16.5 Å². The zero-order chi connectivity index (χ0) is 17.3. The van der Waals surface area contributed by atoms with E-state index in [4.69, 9.17) is 0 Å². The average Bonchev–Trinajstić information content (AvgIpc) is 3.04. The smallest absolute Gasteiger partial charge is 0.308 e. The predicted molar refractivity (Wildman–Crippen MR) is 88.4 cm³/mol. The Morgan fingerprint density at radius 3 is 2.83 bits per heavy atom. The van der Waals surface area contributed by atoms with E-state index in [0.29, 0.717) is 30.0 Å². The van der Waals surface area contributed by atoms with Crippen LogP contribution in [0.15, 0.2) is 29.6 Å². The van der Waals surface area contributed by atoms with Crippen LogP contribution in [-0.2, 0) is 4.79 Å². The van der Waals surface area contributed by atoms with E-state index in [1.165, 1.54) is 17.4 Å². The number of halogens is 1. The van der Waals surface area contributed by atoms with Gasteiger partial charge in [-0.05, 0) is 31.9 Å². The second-order valence-electron chi connectivity index (χ2n) is 5.84. The number of rotatable bonds is 3. The zero-order valence-corrected chi connectivity index (χ0v) is 13.9. The number of thiazole rings is 1. The molecule has 1 aromatic carbocycles. The van der Waals surface area contributed by atoms with Crippen LogP contribution in [0.4, 0.5) is 4.39 Å². The van der Waals surface area contributed by atoms with E-state index in [9.17, 15) is 19.1 Å². The fourth-order valence-corrected chi connectivity index (χ4v) is 3.86. The van der Waals surface area contributed by atoms with Gasteiger partial charge in [0.05, 0.1) is 5.92 Å². The maximum absolute atomic E-state index is 13.8. The van der Waals surface area contributed by atoms with Crippen molar-refractivity contribution in [1.82, 2.24) is 9.88 Å². The minimum Gasteiger partial charge on any atom is -0.481 e. The Morgan fingerprint density at radius 2 is 2.12 bits per heavy atom. The molecule has 1 aromatic heterocycles. The molecular weight excluding hydrogens is 331 g/mol. The molecule has 1 amide bonds. The first-order valence-corrected chi connectivity index (χ1v) is 8.61. The first-order valence-electron chi connectivity index (χ1n) is 7.73. The first-order chi connectivity index (χ1) is 11.5. The second-order valence-corrected chi connectivity index (χ2v) is 6.70. The zero-order valence-electron chi connectivity index (χ0n) is 13.1. The fourth-order valence-electron chi connectivity index (χ4n) is 3.04. The minimum absolute atomic E-state index is 0.233. The summed E-state index contributed by atoms with van der Waals surface area (Å²) in [5, 5.41) is 11.3. The summed E-state index contributed by atoms with van der Waals surface area (Å²) in [6, 6.07) is 5.89. The van der Waals surface area contributed by atoms with E-state index in [1.54, 1.807) is 35.4 Å². The third-order valence-corrected chi connectivity index (χ3v) is 5.27. The number of amides is 1. The molecular formula is C17H17FN2O3S. The van der Waals surface area contributed by atoms with Gasteiger partial charge in [-0.3, -0.25) is 9.59 Å². The molecule has 1 aliphatic rings. The maximum Gasteiger partial charge on any atom is 0.308 e. The van der Waals surface area contributed by atoms with Crippen LogP contribution in [0.3, 0.4) is 0 Å². The third kappa shape index (κ3) is 3.03. The molecule has 0 saturated carbocycles. The van der Waals surface area contributed by atoms with Crippen LogP contribution in [0.2, 0.25) is 0 Å². The predicted octanol–water partition coefficient (Wildman–Crippen LogP) is 3.27. The summed E-state index contributed by atoms with van der Waals surface area (Å²) >= 11 is 1.20. The molecule has 0 radical (unpaired) electrons. The minimum atomic E-state index is -0.884. The van der Waals surface area contributed by atoms with Gasteiger partial charge in [-0.15, -0.1) is 11.3 Å². The standard InChI is InChI=1S/C17H17FN2O3S/c1-10-11(17(22)23)6-4-8-20(10)16(21)14-9-24-15(19-14)12-5-2-3-7-13(12)18/h2-3,5,7,9-11H,4,6,8H2,1H3,(H,22,23)/t10-,11-/m1/s1. The fraction of sp³-hybridized carbons (Fsp3) is 0.353. The Kier molecular flexibility index (Phi) is 4.62. The van der Waals surface area contributed by atoms with Crippen LogP contribution in [0, 0.1) is 11.7 Å². The van der Waals surface area contributed by atoms with E-state index < -0.39 is 11.9 Å². The number of hydrogen-bond acceptors (Lipinski definition) is 4. The van der Waals surface area contributed by atoms with E-state index in [0.717, 1.165) is 0 Å². The summed E-state index contributed by atoms with van der Waals surface area (Å²) in [5.74, 6) is -2.13. The van der Waals surface area contributed by atoms with E-state index in [-0.39, 0.29) is 23.5 Å². The van der Waals surface area contributed by atoms with E-state index in [2.05, 4.69) is 4.98 Å². The molecule has 1 N–H and O–H groups in total. The molecule has 2 aromatic rings. The second kappa shape index (κ2) is 6.68. The van der Waals surface area contributed by atoms with Crippen LogP contribution >= 0.6 is 11.3 Å². The summed E-state index contributed by atoms with van der Waals surface area (Å²) < 4.78 is 13.8. The van der Waals surface area contributed by atoms with Crippen LogP contribution in [0.1, 0.15) is 30.3 Å². The Morgan fingerprint density at radius 1 is 1.38 bits per heavy atom. The highest BCUT2D eigenvalue weighted by atomic mass is 32.1. The lowest BCUT2D eigenvalue weighted by Crippen LogP contribution is -2.49. The van der Waals surface area contributed by atoms with Crippen LogP contribution in [0.25, 0.3) is 10.6 Å². The van der Waals surface area contributed by atoms with Crippen molar-refractivity contribution in [3.63, 3.8) is 0 Å². The number of aromatic nitrogens is 1. The molecule has 1 saturated heterocycles. The Labute approximate surface area is 142 Å². The van der Waals surface area contributed by atoms with Crippen molar-refractivity contribution in [3.05, 3.63) is 41.2 Å². The van der Waals surface area contributed by atoms with Gasteiger partial charge in [-0.1, -0.05) is 12.1 Å². The highest BCUT2D eigenvalue weighted by Gasteiger charge is 2.36. The normalized spacial score (nSPS) is 20.8. The lowest BCUT2D eigenvalue weighted by Gasteiger charge is -2.37. The SMILES string of the molecule is C[C@@H]1[C@H](C(=O)O)CCCN1C(=O)c1csc(-c2ccccc2F)n1. The molecule has 2 atom stereocenters. The summed E-state index contributed by atoms with van der Waals surface area (Å²) in [7, 11) is 0. The number of hydrogen-bond donors (Lipinski definition) is 1. The summed E-state index contributed by atoms with van der Waals surface area (Å²) in [6.45, 7) is 2.26. The molecule has 1 aliphatic heterocycles. The summed E-state index contributed by atoms with van der Waals surface area (Å²) in [5.41, 5.74) is 0.591. The number of benzene rings is 1. The quantitative estimate of drug-likeness (QED) is 0.924. The number of piperidine rings is 1. The average molecular weight is 348 g/mol. The van der Waals surface area contributed by atoms with Gasteiger partial charge in [0.15, 0.2) is 0 Å². The number of carboxylic acid groups (broad SMARTS) is 1. The van der Waals surface area contributed by atoms with Crippen molar-refractivity contribution in [2.75, 3.05) is 6.54 Å². The molecule has 0 spiro atoms. The van der Waals surface area contributed by atoms with Crippen molar-refractivity contribution >= 4 is 23.2 Å². The Hall–Kier alpha value is -2.28. The molecule has 5 nitrogen and oxygen atoms in total. The topological polar surface area (TPSA) is 70.5 Å². The van der Waals surface area contributed by atoms with Gasteiger partial charge >= 0.3 is 5.97 Å². The first kappa shape index (κ1) is 16.6. The van der Waals surface area contributed by atoms with Crippen molar-refractivity contribution in [3.8, 4) is 10.6 Å². The van der Waals surface area contributed by atoms with Crippen LogP contribution in [-0.4, -0.2) is 39.5 Å². The summed E-state index contributed by atoms with van der Waals surface area (Å²) in [6.07, 6.45) is 1.22. The number of carbonyl (C=O) groups excluding carboxylic acids is 1. The number of nitrogens with zero attached hydrogens (tertiary/aromatic N) is 2. The van der Waals surface area contributed by atoms with Crippen LogP contribution < -0.4 is 0 Å². The van der Waals surface area contributed by atoms with Gasteiger partial charge < -0.3 is 10.0 Å². The van der Waals surface area contributed by atoms with Gasteiger partial charge in [-0.2, -0.15) is 0 Å². The Balaban J connectivity index is 1.84. The molecule has 3 rings (SSSR count). The van der Waals surface area contributed by atoms with Crippen molar-refractivity contribution in [2.45, 2.75) is 25.8 Å². The Bertz CT molecular complexity index is 777. The number of aliphatic carboxylic acids is 1. The number of carbonyl (C=O) groups is 2. The maximum atomic E-state index is 13.8. The molecule has 24 heavy (non-hydrogen) atoms. The highest BCUT2D eigenvalue weighted by Crippen LogP contribution is 2.29. The number of carboxylic acids is 1. The van der Waals surface area contributed by atoms with Gasteiger partial charge in [0.25, 0.3) is 5.91 Å². The molecule has 0 unspecified atom stereocenters. The van der Waals surface area contributed by atoms with Crippen molar-refractivity contribution in [2.24, 2.45) is 5.92 Å². The molecule has 7 heteroatoms. The van der Waals surface area contributed by atoms with Gasteiger partial charge in [0.2, 0.25) is 0 Å². The highest BCUT2D eigenvalue weighted by molar-refractivity contribution is 7.13. The van der Waals surface area contributed by atoms with E-state index >= 15 is 0 Å². The molecule has 2 heterocycles. The van der Waals surface area contributed by atoms with Gasteiger partial charge in [-0.25, -0.2) is 9.37 Å². The molecule has 1 fully saturated rings. The van der Waals surface area contributed by atoms with E-state index in [1.807, 2.05) is 0 Å². The van der Waals surface area contributed by atoms with Gasteiger partial charge in [0, 0.05) is 23.5 Å². The largest absolute Gasteiger partial charge is 0.481 e. The third-order valence-electron chi connectivity index (χ3n) is 4.39. The van der Waals surface area contributed by atoms with Crippen LogP contribution in [0.5, 0.6) is 0 Å². The lowest BCUT2D eigenvalue weighted by atomic mass is 9.90. The monoisotopic (exact) mass is 348 g/mol. The molecule has 0 bridgehead atoms. The van der Waals surface area contributed by atoms with Crippen molar-refractivity contribution < 1.29 is 19.1 Å².